The first-order chi connectivity index (χ1) is 14.2. The number of anilines is 2. The van der Waals surface area contributed by atoms with E-state index in [0.717, 1.165) is 49.6 Å². The van der Waals surface area contributed by atoms with Crippen LogP contribution in [0.3, 0.4) is 0 Å². The van der Waals surface area contributed by atoms with Crippen molar-refractivity contribution in [3.63, 3.8) is 0 Å². The maximum atomic E-state index is 11.8. The zero-order valence-corrected chi connectivity index (χ0v) is 18.1. The first kappa shape index (κ1) is 21.2. The van der Waals surface area contributed by atoms with Gasteiger partial charge in [-0.3, -0.25) is 9.79 Å². The number of hydrogen-bond acceptors (Lipinski definition) is 4. The largest absolute Gasteiger partial charge is 0.363 e. The van der Waals surface area contributed by atoms with Crippen LogP contribution in [0, 0.1) is 0 Å². The number of piperidine rings is 1. The van der Waals surface area contributed by atoms with Gasteiger partial charge in [0.15, 0.2) is 5.96 Å². The molecule has 6 nitrogen and oxygen atoms in total. The van der Waals surface area contributed by atoms with Gasteiger partial charge in [-0.15, -0.1) is 11.3 Å². The average molecular weight is 414 g/mol. The van der Waals surface area contributed by atoms with E-state index in [2.05, 4.69) is 49.4 Å². The van der Waals surface area contributed by atoms with Crippen molar-refractivity contribution in [2.75, 3.05) is 30.4 Å². The first-order valence-corrected chi connectivity index (χ1v) is 11.2. The van der Waals surface area contributed by atoms with Gasteiger partial charge in [0, 0.05) is 44.8 Å². The second-order valence-corrected chi connectivity index (χ2v) is 8.21. The summed E-state index contributed by atoms with van der Waals surface area (Å²) in [4.78, 5) is 18.6. The van der Waals surface area contributed by atoms with E-state index in [1.54, 1.807) is 18.4 Å². The van der Waals surface area contributed by atoms with Crippen LogP contribution in [0.5, 0.6) is 0 Å². The van der Waals surface area contributed by atoms with E-state index < -0.39 is 0 Å². The molecule has 1 aromatic heterocycles. The third-order valence-corrected chi connectivity index (χ3v) is 5.95. The zero-order valence-electron chi connectivity index (χ0n) is 17.3. The van der Waals surface area contributed by atoms with Gasteiger partial charge in [-0.1, -0.05) is 19.1 Å². The second kappa shape index (κ2) is 10.9. The number of nitrogens with one attached hydrogen (secondary N) is 3. The number of carbonyl (C=O) groups is 1. The molecule has 2 aromatic rings. The summed E-state index contributed by atoms with van der Waals surface area (Å²) in [5.41, 5.74) is 1.95. The first-order valence-electron chi connectivity index (χ1n) is 10.3. The van der Waals surface area contributed by atoms with E-state index >= 15 is 0 Å². The Labute approximate surface area is 177 Å². The number of carbonyl (C=O) groups excluding carboxylic acids is 1. The highest BCUT2D eigenvalue weighted by molar-refractivity contribution is 7.14. The quantitative estimate of drug-likeness (QED) is 0.477. The topological polar surface area (TPSA) is 68.8 Å². The van der Waals surface area contributed by atoms with Gasteiger partial charge in [0.2, 0.25) is 5.91 Å². The van der Waals surface area contributed by atoms with Crippen molar-refractivity contribution in [3.8, 4) is 0 Å². The van der Waals surface area contributed by atoms with E-state index in [-0.39, 0.29) is 5.91 Å². The van der Waals surface area contributed by atoms with E-state index in [0.29, 0.717) is 19.0 Å². The highest BCUT2D eigenvalue weighted by atomic mass is 32.1. The van der Waals surface area contributed by atoms with Crippen molar-refractivity contribution in [1.82, 2.24) is 10.6 Å². The molecular formula is C22H31N5OS. The Hall–Kier alpha value is -2.54. The molecule has 2 heterocycles. The van der Waals surface area contributed by atoms with E-state index in [1.807, 2.05) is 25.1 Å². The number of nitrogens with zero attached hydrogens (tertiary/aromatic N) is 2. The molecule has 0 bridgehead atoms. The van der Waals surface area contributed by atoms with E-state index in [4.69, 9.17) is 0 Å². The number of thiophene rings is 1. The number of hydrogen-bond donors (Lipinski definition) is 3. The molecule has 156 valence electrons. The molecule has 0 radical (unpaired) electrons. The molecule has 0 aliphatic carbocycles. The molecule has 0 unspecified atom stereocenters. The molecule has 1 aromatic carbocycles. The molecule has 3 N–H and O–H groups in total. The minimum Gasteiger partial charge on any atom is -0.363 e. The lowest BCUT2D eigenvalue weighted by Crippen LogP contribution is -2.48. The number of guanidine groups is 1. The van der Waals surface area contributed by atoms with E-state index in [1.165, 1.54) is 5.00 Å². The van der Waals surface area contributed by atoms with Crippen molar-refractivity contribution in [1.29, 1.82) is 0 Å². The summed E-state index contributed by atoms with van der Waals surface area (Å²) >= 11 is 1.81. The summed E-state index contributed by atoms with van der Waals surface area (Å²) in [5.74, 6) is 0.879. The standard InChI is InChI=1S/C22H31N5OS/c1-3-6-20(28)25-19-8-4-7-17(15-19)16-24-22(23-2)26-18-10-12-27(13-11-18)21-9-5-14-29-21/h4-5,7-9,14-15,18H,3,6,10-13,16H2,1-2H3,(H,25,28)(H2,23,24,26). The van der Waals surface area contributed by atoms with Crippen molar-refractivity contribution >= 4 is 33.9 Å². The van der Waals surface area contributed by atoms with Crippen molar-refractivity contribution in [3.05, 3.63) is 47.3 Å². The van der Waals surface area contributed by atoms with Gasteiger partial charge in [0.25, 0.3) is 0 Å². The minimum atomic E-state index is 0.0592. The average Bonchev–Trinajstić information content (AvgIpc) is 3.27. The SMILES string of the molecule is CCCC(=O)Nc1cccc(CNC(=NC)NC2CCN(c3cccs3)CC2)c1. The third-order valence-electron chi connectivity index (χ3n) is 5.02. The Morgan fingerprint density at radius 3 is 2.76 bits per heavy atom. The summed E-state index contributed by atoms with van der Waals surface area (Å²) < 4.78 is 0. The Balaban J connectivity index is 1.45. The predicted octanol–water partition coefficient (Wildman–Crippen LogP) is 3.82. The fourth-order valence-corrected chi connectivity index (χ4v) is 4.26. The monoisotopic (exact) mass is 413 g/mol. The van der Waals surface area contributed by atoms with Crippen LogP contribution >= 0.6 is 11.3 Å². The molecule has 1 saturated heterocycles. The normalized spacial score (nSPS) is 15.2. The maximum absolute atomic E-state index is 11.8. The molecule has 0 spiro atoms. The Morgan fingerprint density at radius 2 is 2.07 bits per heavy atom. The van der Waals surface area contributed by atoms with Crippen molar-refractivity contribution in [2.45, 2.75) is 45.2 Å². The van der Waals surface area contributed by atoms with Gasteiger partial charge < -0.3 is 20.9 Å². The highest BCUT2D eigenvalue weighted by Crippen LogP contribution is 2.24. The van der Waals surface area contributed by atoms with Crippen LogP contribution in [0.4, 0.5) is 10.7 Å². The van der Waals surface area contributed by atoms with Gasteiger partial charge in [-0.2, -0.15) is 0 Å². The van der Waals surface area contributed by atoms with Crippen LogP contribution in [0.25, 0.3) is 0 Å². The summed E-state index contributed by atoms with van der Waals surface area (Å²) in [6, 6.07) is 12.7. The van der Waals surface area contributed by atoms with Crippen molar-refractivity contribution < 1.29 is 4.79 Å². The van der Waals surface area contributed by atoms with Crippen LogP contribution in [0.1, 0.15) is 38.2 Å². The Kier molecular flexibility index (Phi) is 7.93. The number of rotatable bonds is 7. The molecule has 29 heavy (non-hydrogen) atoms. The van der Waals surface area contributed by atoms with E-state index in [9.17, 15) is 4.79 Å². The molecule has 0 saturated carbocycles. The summed E-state index contributed by atoms with van der Waals surface area (Å²) in [7, 11) is 1.80. The molecular weight excluding hydrogens is 382 g/mol. The van der Waals surface area contributed by atoms with Crippen LogP contribution in [-0.2, 0) is 11.3 Å². The predicted molar refractivity (Wildman–Crippen MR) is 123 cm³/mol. The van der Waals surface area contributed by atoms with Crippen LogP contribution in [0.2, 0.25) is 0 Å². The number of amides is 1. The van der Waals surface area contributed by atoms with Gasteiger partial charge >= 0.3 is 0 Å². The van der Waals surface area contributed by atoms with Crippen LogP contribution < -0.4 is 20.9 Å². The smallest absolute Gasteiger partial charge is 0.224 e. The molecule has 0 atom stereocenters. The third kappa shape index (κ3) is 6.49. The summed E-state index contributed by atoms with van der Waals surface area (Å²) in [6.45, 7) is 4.79. The molecule has 1 aliphatic heterocycles. The lowest BCUT2D eigenvalue weighted by Gasteiger charge is -2.33. The maximum Gasteiger partial charge on any atom is 0.224 e. The van der Waals surface area contributed by atoms with Gasteiger partial charge in [0.05, 0.1) is 5.00 Å². The highest BCUT2D eigenvalue weighted by Gasteiger charge is 2.20. The summed E-state index contributed by atoms with van der Waals surface area (Å²) in [5, 5.41) is 13.4. The Bertz CT molecular complexity index is 797. The van der Waals surface area contributed by atoms with Crippen LogP contribution in [-0.4, -0.2) is 38.0 Å². The van der Waals surface area contributed by atoms with Crippen LogP contribution in [0.15, 0.2) is 46.8 Å². The van der Waals surface area contributed by atoms with Crippen molar-refractivity contribution in [2.24, 2.45) is 4.99 Å². The molecule has 3 rings (SSSR count). The fraction of sp³-hybridized carbons (Fsp3) is 0.455. The van der Waals surface area contributed by atoms with Gasteiger partial charge in [-0.25, -0.2) is 0 Å². The second-order valence-electron chi connectivity index (χ2n) is 7.28. The lowest BCUT2D eigenvalue weighted by molar-refractivity contribution is -0.116. The molecule has 1 amide bonds. The van der Waals surface area contributed by atoms with Gasteiger partial charge in [0.1, 0.15) is 0 Å². The number of aliphatic imine (C=N–C) groups is 1. The number of benzene rings is 1. The van der Waals surface area contributed by atoms with Gasteiger partial charge in [-0.05, 0) is 54.5 Å². The molecule has 7 heteroatoms. The fourth-order valence-electron chi connectivity index (χ4n) is 3.48. The minimum absolute atomic E-state index is 0.0592. The molecule has 1 fully saturated rings. The molecule has 1 aliphatic rings. The lowest BCUT2D eigenvalue weighted by atomic mass is 10.1. The summed E-state index contributed by atoms with van der Waals surface area (Å²) in [6.07, 6.45) is 3.58. The Morgan fingerprint density at radius 1 is 1.24 bits per heavy atom. The zero-order chi connectivity index (χ0) is 20.5.